The number of hydrogen-bond acceptors (Lipinski definition) is 0. The van der Waals surface area contributed by atoms with Crippen molar-refractivity contribution < 1.29 is 16.6 Å². The predicted octanol–water partition coefficient (Wildman–Crippen LogP) is 9.70. The first-order chi connectivity index (χ1) is 18.2. The summed E-state index contributed by atoms with van der Waals surface area (Å²) >= 11 is -2.97. The number of rotatable bonds is 7. The Bertz CT molecular complexity index is 1380. The summed E-state index contributed by atoms with van der Waals surface area (Å²) in [5, 5.41) is 0. The summed E-state index contributed by atoms with van der Waals surface area (Å²) in [5.74, 6) is 0. The van der Waals surface area contributed by atoms with E-state index in [0.717, 1.165) is 0 Å². The van der Waals surface area contributed by atoms with Crippen molar-refractivity contribution in [1.82, 2.24) is 0 Å². The molecular formula is C37H42Ti. The molecule has 0 nitrogen and oxygen atoms in total. The van der Waals surface area contributed by atoms with Crippen LogP contribution in [0.25, 0.3) is 5.57 Å². The minimum atomic E-state index is -2.97. The molecule has 0 aliphatic heterocycles. The molecule has 1 aliphatic rings. The Kier molecular flexibility index (Phi) is 7.43. The first-order valence-corrected chi connectivity index (χ1v) is 18.2. The fraction of sp³-hybridized carbons (Fsp3) is 0.297. The van der Waals surface area contributed by atoms with Gasteiger partial charge in [-0.25, -0.2) is 0 Å². The fourth-order valence-corrected chi connectivity index (χ4v) is 17.4. The Hall–Kier alpha value is -2.67. The average molecular weight is 535 g/mol. The third-order valence-corrected chi connectivity index (χ3v) is 19.5. The maximum absolute atomic E-state index is 2.97. The van der Waals surface area contributed by atoms with Crippen LogP contribution in [-0.4, -0.2) is 0 Å². The molecule has 4 aromatic rings. The van der Waals surface area contributed by atoms with Gasteiger partial charge in [0, 0.05) is 0 Å². The summed E-state index contributed by atoms with van der Waals surface area (Å²) in [6, 6.07) is 34.1. The summed E-state index contributed by atoms with van der Waals surface area (Å²) in [6.07, 6.45) is 0. The zero-order valence-electron chi connectivity index (χ0n) is 24.3. The van der Waals surface area contributed by atoms with E-state index in [1.54, 1.807) is 16.7 Å². The molecule has 1 atom stereocenters. The second-order valence-electron chi connectivity index (χ2n) is 11.9. The molecule has 1 aliphatic carbocycles. The van der Waals surface area contributed by atoms with Crippen molar-refractivity contribution in [3.63, 3.8) is 0 Å². The van der Waals surface area contributed by atoms with E-state index in [0.29, 0.717) is 0 Å². The molecule has 0 saturated carbocycles. The first-order valence-electron chi connectivity index (χ1n) is 14.1. The molecule has 0 aromatic heterocycles. The van der Waals surface area contributed by atoms with E-state index in [-0.39, 0.29) is 3.72 Å². The Balaban J connectivity index is 1.86. The van der Waals surface area contributed by atoms with E-state index >= 15 is 0 Å². The van der Waals surface area contributed by atoms with Crippen LogP contribution in [0, 0.1) is 27.7 Å². The normalized spacial score (nSPS) is 17.1. The summed E-state index contributed by atoms with van der Waals surface area (Å²) in [4.78, 5) is 0. The van der Waals surface area contributed by atoms with Crippen LogP contribution < -0.4 is 0 Å². The molecule has 0 radical (unpaired) electrons. The molecule has 0 amide bonds. The first kappa shape index (κ1) is 26.9. The van der Waals surface area contributed by atoms with Crippen molar-refractivity contribution in [3.8, 4) is 0 Å². The molecule has 0 heterocycles. The Morgan fingerprint density at radius 1 is 0.500 bits per heavy atom. The summed E-state index contributed by atoms with van der Waals surface area (Å²) in [5.41, 5.74) is 16.8. The van der Waals surface area contributed by atoms with E-state index in [1.807, 2.05) is 0 Å². The van der Waals surface area contributed by atoms with Crippen LogP contribution in [0.2, 0.25) is 0 Å². The summed E-state index contributed by atoms with van der Waals surface area (Å²) in [6.45, 7) is 17.0. The van der Waals surface area contributed by atoms with Gasteiger partial charge in [-0.15, -0.1) is 0 Å². The van der Waals surface area contributed by atoms with Crippen LogP contribution in [0.5, 0.6) is 0 Å². The molecule has 1 heteroatoms. The second-order valence-corrected chi connectivity index (χ2v) is 19.1. The van der Waals surface area contributed by atoms with Gasteiger partial charge in [-0.2, -0.15) is 0 Å². The van der Waals surface area contributed by atoms with Crippen LogP contribution in [0.4, 0.5) is 0 Å². The predicted molar refractivity (Wildman–Crippen MR) is 161 cm³/mol. The summed E-state index contributed by atoms with van der Waals surface area (Å²) in [7, 11) is 0. The van der Waals surface area contributed by atoms with E-state index in [2.05, 4.69) is 139 Å². The van der Waals surface area contributed by atoms with Gasteiger partial charge in [0.1, 0.15) is 0 Å². The van der Waals surface area contributed by atoms with Gasteiger partial charge >= 0.3 is 235 Å². The van der Waals surface area contributed by atoms with Crippen molar-refractivity contribution in [2.24, 2.45) is 0 Å². The second kappa shape index (κ2) is 10.5. The SMILES string of the molecule is CC1=C(C)[C](C)([Ti]([CH2]c2ccccc2)([CH2]c2ccccc2)[CH2]c2ccccc2)c2c(C)c(C)c(C)c(C)c21. The molecular weight excluding hydrogens is 492 g/mol. The van der Waals surface area contributed by atoms with Gasteiger partial charge in [0.05, 0.1) is 0 Å². The zero-order chi connectivity index (χ0) is 27.1. The van der Waals surface area contributed by atoms with Crippen molar-refractivity contribution in [1.29, 1.82) is 0 Å². The third kappa shape index (κ3) is 4.37. The van der Waals surface area contributed by atoms with Crippen molar-refractivity contribution in [2.45, 2.75) is 66.4 Å². The molecule has 1 unspecified atom stereocenters. The Morgan fingerprint density at radius 2 is 0.868 bits per heavy atom. The minimum absolute atomic E-state index is 0.0637. The number of benzene rings is 4. The monoisotopic (exact) mass is 534 g/mol. The van der Waals surface area contributed by atoms with Crippen molar-refractivity contribution in [2.75, 3.05) is 0 Å². The molecule has 5 rings (SSSR count). The Morgan fingerprint density at radius 3 is 1.26 bits per heavy atom. The number of fused-ring (bicyclic) bond motifs is 1. The van der Waals surface area contributed by atoms with Crippen LogP contribution in [0.1, 0.15) is 70.8 Å². The molecule has 0 spiro atoms. The van der Waals surface area contributed by atoms with Gasteiger partial charge in [-0.3, -0.25) is 0 Å². The van der Waals surface area contributed by atoms with Crippen LogP contribution >= 0.6 is 0 Å². The van der Waals surface area contributed by atoms with Crippen molar-refractivity contribution in [3.05, 3.63) is 147 Å². The van der Waals surface area contributed by atoms with Gasteiger partial charge in [0.2, 0.25) is 0 Å². The van der Waals surface area contributed by atoms with Gasteiger partial charge in [-0.05, 0) is 0 Å². The molecule has 4 aromatic carbocycles. The van der Waals surface area contributed by atoms with Crippen LogP contribution in [-0.2, 0) is 34.5 Å². The standard InChI is InChI=1S/C16H21.3C7H7.Ti/c1-8-9(2)12(5)16-14(7)10(3)13(6)15(16)11(8)4;3*1-7-5-3-2-4-6-7;/h1-7H3;3*2-6H,1H2;. The number of allylic oxidation sites excluding steroid dienone is 2. The van der Waals surface area contributed by atoms with Crippen molar-refractivity contribution >= 4 is 5.57 Å². The van der Waals surface area contributed by atoms with Crippen LogP contribution in [0.3, 0.4) is 0 Å². The number of hydrogen-bond donors (Lipinski definition) is 0. The molecule has 0 fully saturated rings. The van der Waals surface area contributed by atoms with Gasteiger partial charge < -0.3 is 0 Å². The van der Waals surface area contributed by atoms with Gasteiger partial charge in [0.15, 0.2) is 0 Å². The zero-order valence-corrected chi connectivity index (χ0v) is 25.8. The van der Waals surface area contributed by atoms with Gasteiger partial charge in [-0.1, -0.05) is 0 Å². The maximum atomic E-state index is 2.66. The average Bonchev–Trinajstić information content (AvgIpc) is 3.14. The van der Waals surface area contributed by atoms with E-state index < -0.39 is 16.6 Å². The topological polar surface area (TPSA) is 0 Å². The van der Waals surface area contributed by atoms with E-state index in [1.165, 1.54) is 58.7 Å². The van der Waals surface area contributed by atoms with E-state index in [9.17, 15) is 0 Å². The molecule has 0 bridgehead atoms. The molecule has 194 valence electrons. The quantitative estimate of drug-likeness (QED) is 0.207. The Labute approximate surface area is 234 Å². The molecule has 0 saturated heterocycles. The van der Waals surface area contributed by atoms with E-state index in [4.69, 9.17) is 0 Å². The molecule has 38 heavy (non-hydrogen) atoms. The molecule has 0 N–H and O–H groups in total. The van der Waals surface area contributed by atoms with Crippen LogP contribution in [0.15, 0.2) is 96.6 Å². The fourth-order valence-electron chi connectivity index (χ4n) is 7.50. The van der Waals surface area contributed by atoms with Gasteiger partial charge in [0.25, 0.3) is 0 Å². The summed E-state index contributed by atoms with van der Waals surface area (Å²) < 4.78 is 3.68. The third-order valence-electron chi connectivity index (χ3n) is 10.1.